The number of rotatable bonds is 11. The van der Waals surface area contributed by atoms with Crippen molar-refractivity contribution in [2.45, 2.75) is 33.4 Å². The minimum Gasteiger partial charge on any atom is -0.490 e. The molecule has 0 bridgehead atoms. The molecule has 3 N–H and O–H groups in total. The molecule has 0 saturated heterocycles. The molecule has 0 aliphatic rings. The summed E-state index contributed by atoms with van der Waals surface area (Å²) in [6.45, 7) is 4.98. The summed E-state index contributed by atoms with van der Waals surface area (Å²) >= 11 is 5.97. The molecule has 0 amide bonds. The molecule has 0 aliphatic carbocycles. The number of nitrogens with one attached hydrogen (secondary N) is 1. The summed E-state index contributed by atoms with van der Waals surface area (Å²) in [7, 11) is 0. The summed E-state index contributed by atoms with van der Waals surface area (Å²) in [6.07, 6.45) is 0. The summed E-state index contributed by atoms with van der Waals surface area (Å²) in [5.74, 6) is -1.14. The van der Waals surface area contributed by atoms with Gasteiger partial charge in [-0.25, -0.2) is 18.5 Å². The van der Waals surface area contributed by atoms with Gasteiger partial charge in [0.2, 0.25) is 5.95 Å². The van der Waals surface area contributed by atoms with Crippen molar-refractivity contribution < 1.29 is 19.3 Å². The minimum absolute atomic E-state index is 0.0271. The van der Waals surface area contributed by atoms with Crippen LogP contribution in [0.4, 0.5) is 16.0 Å². The number of benzene rings is 2. The fourth-order valence-electron chi connectivity index (χ4n) is 3.52. The molecule has 0 fully saturated rings. The van der Waals surface area contributed by atoms with E-state index in [4.69, 9.17) is 16.3 Å². The third-order valence-electron chi connectivity index (χ3n) is 5.67. The number of aromatic nitrogens is 3. The highest BCUT2D eigenvalue weighted by Crippen LogP contribution is 2.24. The maximum absolute atomic E-state index is 14.6. The topological polar surface area (TPSA) is 119 Å². The molecular formula is C25H30ClFN4O5. The molecule has 1 atom stereocenters. The lowest BCUT2D eigenvalue weighted by molar-refractivity contribution is 0.111. The van der Waals surface area contributed by atoms with Crippen LogP contribution in [0.1, 0.15) is 32.4 Å². The highest BCUT2D eigenvalue weighted by atomic mass is 35.5. The van der Waals surface area contributed by atoms with Crippen LogP contribution in [0.5, 0.6) is 5.75 Å². The molecular weight excluding hydrogens is 491 g/mol. The van der Waals surface area contributed by atoms with Crippen LogP contribution in [0.15, 0.2) is 52.1 Å². The Kier molecular flexibility index (Phi) is 9.25. The minimum atomic E-state index is -0.869. The molecule has 36 heavy (non-hydrogen) atoms. The zero-order chi connectivity index (χ0) is 26.4. The van der Waals surface area contributed by atoms with E-state index in [2.05, 4.69) is 10.3 Å². The number of aliphatic hydroxyl groups excluding tert-OH is 2. The second-order valence-corrected chi connectivity index (χ2v) is 9.36. The molecule has 1 unspecified atom stereocenters. The number of hydrogen-bond donors (Lipinski definition) is 3. The predicted molar refractivity (Wildman–Crippen MR) is 136 cm³/mol. The first kappa shape index (κ1) is 27.4. The van der Waals surface area contributed by atoms with Gasteiger partial charge >= 0.3 is 11.4 Å². The van der Waals surface area contributed by atoms with Gasteiger partial charge in [0.15, 0.2) is 11.6 Å². The quantitative estimate of drug-likeness (QED) is 0.355. The second-order valence-electron chi connectivity index (χ2n) is 8.92. The Morgan fingerprint density at radius 1 is 1.08 bits per heavy atom. The zero-order valence-corrected chi connectivity index (χ0v) is 21.1. The first-order valence-electron chi connectivity index (χ1n) is 11.5. The fourth-order valence-corrected chi connectivity index (χ4v) is 3.65. The van der Waals surface area contributed by atoms with Crippen molar-refractivity contribution in [1.29, 1.82) is 0 Å². The predicted octanol–water partition coefficient (Wildman–Crippen LogP) is 3.19. The normalized spacial score (nSPS) is 12.2. The second kappa shape index (κ2) is 12.2. The van der Waals surface area contributed by atoms with Crippen LogP contribution in [0, 0.1) is 17.7 Å². The van der Waals surface area contributed by atoms with Crippen molar-refractivity contribution in [2.75, 3.05) is 25.1 Å². The van der Waals surface area contributed by atoms with E-state index in [0.717, 1.165) is 4.57 Å². The number of aliphatic hydroxyl groups is 2. The SMILES string of the molecule is CC(C)COc1ccc(Nc2nc(=O)n(C(C)C(CO)CO)c(=O)n2Cc2ccc(Cl)cc2)cc1F. The number of nitrogens with zero attached hydrogens (tertiary/aromatic N) is 3. The van der Waals surface area contributed by atoms with E-state index in [1.54, 1.807) is 37.3 Å². The average Bonchev–Trinajstić information content (AvgIpc) is 2.83. The van der Waals surface area contributed by atoms with E-state index in [9.17, 15) is 24.2 Å². The Labute approximate surface area is 212 Å². The molecule has 3 rings (SSSR count). The average molecular weight is 521 g/mol. The molecule has 0 radical (unpaired) electrons. The van der Waals surface area contributed by atoms with Gasteiger partial charge in [-0.1, -0.05) is 37.6 Å². The molecule has 11 heteroatoms. The van der Waals surface area contributed by atoms with Crippen LogP contribution < -0.4 is 21.4 Å². The summed E-state index contributed by atoms with van der Waals surface area (Å²) in [6, 6.07) is 10.2. The molecule has 0 saturated carbocycles. The lowest BCUT2D eigenvalue weighted by Gasteiger charge is -2.23. The van der Waals surface area contributed by atoms with Crippen molar-refractivity contribution in [1.82, 2.24) is 14.1 Å². The largest absolute Gasteiger partial charge is 0.490 e. The molecule has 1 aromatic heterocycles. The van der Waals surface area contributed by atoms with Crippen molar-refractivity contribution in [3.8, 4) is 5.75 Å². The molecule has 1 heterocycles. The monoisotopic (exact) mass is 520 g/mol. The first-order chi connectivity index (χ1) is 17.1. The van der Waals surface area contributed by atoms with Gasteiger partial charge in [-0.2, -0.15) is 4.98 Å². The van der Waals surface area contributed by atoms with Gasteiger partial charge in [0.25, 0.3) is 0 Å². The van der Waals surface area contributed by atoms with Gasteiger partial charge in [-0.05, 0) is 42.7 Å². The van der Waals surface area contributed by atoms with E-state index in [1.807, 2.05) is 13.8 Å². The van der Waals surface area contributed by atoms with E-state index >= 15 is 0 Å². The van der Waals surface area contributed by atoms with Crippen LogP contribution in [0.3, 0.4) is 0 Å². The van der Waals surface area contributed by atoms with E-state index in [0.29, 0.717) is 17.2 Å². The Morgan fingerprint density at radius 3 is 2.33 bits per heavy atom. The molecule has 0 aliphatic heterocycles. The Balaban J connectivity index is 2.05. The third-order valence-corrected chi connectivity index (χ3v) is 5.92. The van der Waals surface area contributed by atoms with Crippen LogP contribution in [0.2, 0.25) is 5.02 Å². The van der Waals surface area contributed by atoms with Gasteiger partial charge in [-0.15, -0.1) is 0 Å². The van der Waals surface area contributed by atoms with Crippen molar-refractivity contribution in [2.24, 2.45) is 11.8 Å². The van der Waals surface area contributed by atoms with Crippen LogP contribution in [-0.2, 0) is 6.54 Å². The molecule has 2 aromatic carbocycles. The Hall–Kier alpha value is -3.21. The van der Waals surface area contributed by atoms with E-state index in [-0.39, 0.29) is 29.8 Å². The van der Waals surface area contributed by atoms with E-state index < -0.39 is 42.4 Å². The highest BCUT2D eigenvalue weighted by Gasteiger charge is 2.24. The maximum Gasteiger partial charge on any atom is 0.355 e. The number of halogens is 2. The zero-order valence-electron chi connectivity index (χ0n) is 20.3. The smallest absolute Gasteiger partial charge is 0.355 e. The fraction of sp³-hybridized carbons (Fsp3) is 0.400. The summed E-state index contributed by atoms with van der Waals surface area (Å²) in [4.78, 5) is 30.4. The summed E-state index contributed by atoms with van der Waals surface area (Å²) in [5.41, 5.74) is -0.612. The third kappa shape index (κ3) is 6.51. The van der Waals surface area contributed by atoms with Gasteiger partial charge in [0, 0.05) is 28.7 Å². The standard InChI is InChI=1S/C25H30ClFN4O5/c1-15(2)14-36-22-9-8-20(10-21(22)27)28-23-29-24(34)31(16(3)18(12-32)13-33)25(35)30(23)11-17-4-6-19(26)7-5-17/h4-10,15-16,18,32-33H,11-14H2,1-3H3,(H,28,29,34). The molecule has 194 valence electrons. The van der Waals surface area contributed by atoms with Crippen molar-refractivity contribution >= 4 is 23.2 Å². The lowest BCUT2D eigenvalue weighted by Crippen LogP contribution is -2.46. The maximum atomic E-state index is 14.6. The van der Waals surface area contributed by atoms with Crippen molar-refractivity contribution in [3.05, 3.63) is 79.8 Å². The van der Waals surface area contributed by atoms with E-state index in [1.165, 1.54) is 16.7 Å². The number of ether oxygens (including phenoxy) is 1. The van der Waals surface area contributed by atoms with Gasteiger partial charge < -0.3 is 20.3 Å². The molecule has 0 spiro atoms. The van der Waals surface area contributed by atoms with Gasteiger partial charge in [0.05, 0.1) is 26.4 Å². The van der Waals surface area contributed by atoms with Crippen LogP contribution in [0.25, 0.3) is 0 Å². The Morgan fingerprint density at radius 2 is 1.75 bits per heavy atom. The van der Waals surface area contributed by atoms with Crippen LogP contribution in [-0.4, -0.2) is 44.2 Å². The van der Waals surface area contributed by atoms with Crippen LogP contribution >= 0.6 is 11.6 Å². The molecule has 3 aromatic rings. The Bertz CT molecular complexity index is 1290. The molecule has 9 nitrogen and oxygen atoms in total. The lowest BCUT2D eigenvalue weighted by atomic mass is 10.0. The number of anilines is 2. The summed E-state index contributed by atoms with van der Waals surface area (Å²) in [5, 5.41) is 22.5. The number of hydrogen-bond acceptors (Lipinski definition) is 7. The van der Waals surface area contributed by atoms with Crippen molar-refractivity contribution in [3.63, 3.8) is 0 Å². The summed E-state index contributed by atoms with van der Waals surface area (Å²) < 4.78 is 22.2. The first-order valence-corrected chi connectivity index (χ1v) is 11.9. The highest BCUT2D eigenvalue weighted by molar-refractivity contribution is 6.30. The van der Waals surface area contributed by atoms with Gasteiger partial charge in [-0.3, -0.25) is 4.57 Å². The van der Waals surface area contributed by atoms with Gasteiger partial charge in [0.1, 0.15) is 0 Å².